The topological polar surface area (TPSA) is 37.9 Å². The molecule has 0 unspecified atom stereocenters. The molecule has 0 amide bonds. The van der Waals surface area contributed by atoms with Gasteiger partial charge in [0.25, 0.3) is 0 Å². The van der Waals surface area contributed by atoms with E-state index in [0.717, 1.165) is 35.3 Å². The van der Waals surface area contributed by atoms with E-state index in [0.29, 0.717) is 0 Å². The first-order valence-electron chi connectivity index (χ1n) is 9.32. The Bertz CT molecular complexity index is 1350. The molecule has 1 aliphatic rings. The van der Waals surface area contributed by atoms with Crippen molar-refractivity contribution in [3.8, 4) is 17.0 Å². The van der Waals surface area contributed by atoms with Gasteiger partial charge in [0.05, 0.1) is 18.3 Å². The van der Waals surface area contributed by atoms with Crippen LogP contribution in [-0.2, 0) is 12.8 Å². The summed E-state index contributed by atoms with van der Waals surface area (Å²) in [6, 6.07) is 19.4. The van der Waals surface area contributed by atoms with Gasteiger partial charge in [-0.2, -0.15) is 0 Å². The fraction of sp³-hybridized carbons (Fsp3) is 0.125. The van der Waals surface area contributed by atoms with Gasteiger partial charge in [-0.1, -0.05) is 30.3 Å². The van der Waals surface area contributed by atoms with Crippen molar-refractivity contribution in [3.05, 3.63) is 71.9 Å². The van der Waals surface area contributed by atoms with Crippen LogP contribution in [-0.4, -0.2) is 17.1 Å². The quantitative estimate of drug-likeness (QED) is 0.447. The van der Waals surface area contributed by atoms with Gasteiger partial charge in [-0.05, 0) is 59.0 Å². The fourth-order valence-electron chi connectivity index (χ4n) is 4.59. The molecule has 0 aliphatic heterocycles. The monoisotopic (exact) mass is 350 g/mol. The molecule has 3 aromatic carbocycles. The molecule has 0 saturated carbocycles. The Morgan fingerprint density at radius 1 is 0.889 bits per heavy atom. The Morgan fingerprint density at radius 2 is 1.78 bits per heavy atom. The first-order valence-corrected chi connectivity index (χ1v) is 9.32. The van der Waals surface area contributed by atoms with Gasteiger partial charge in [-0.25, -0.2) is 0 Å². The van der Waals surface area contributed by atoms with E-state index in [9.17, 15) is 0 Å². The molecule has 0 saturated heterocycles. The van der Waals surface area contributed by atoms with Crippen molar-refractivity contribution in [3.63, 3.8) is 0 Å². The number of nitrogens with one attached hydrogen (secondary N) is 1. The molecule has 2 heterocycles. The molecule has 0 radical (unpaired) electrons. The second-order valence-corrected chi connectivity index (χ2v) is 7.23. The van der Waals surface area contributed by atoms with Crippen LogP contribution in [0, 0.1) is 0 Å². The van der Waals surface area contributed by atoms with Crippen LogP contribution < -0.4 is 4.74 Å². The Hall–Kier alpha value is -3.33. The molecule has 0 fully saturated rings. The molecule has 1 aliphatic carbocycles. The summed E-state index contributed by atoms with van der Waals surface area (Å²) < 4.78 is 5.42. The largest absolute Gasteiger partial charge is 0.497 e. The third kappa shape index (κ3) is 2.00. The predicted octanol–water partition coefficient (Wildman–Crippen LogP) is 5.64. The van der Waals surface area contributed by atoms with Gasteiger partial charge in [-0.15, -0.1) is 0 Å². The second-order valence-electron chi connectivity index (χ2n) is 7.23. The summed E-state index contributed by atoms with van der Waals surface area (Å²) in [7, 11) is 1.70. The summed E-state index contributed by atoms with van der Waals surface area (Å²) >= 11 is 0. The van der Waals surface area contributed by atoms with Crippen LogP contribution in [0.25, 0.3) is 43.8 Å². The number of fused-ring (bicyclic) bond motifs is 3. The summed E-state index contributed by atoms with van der Waals surface area (Å²) in [5, 5.41) is 5.07. The standard InChI is InChI=1S/C24H18N2O/c1-27-16-8-10-21-20(13-16)19-11-12-25-23(24(19)26-21)18-9-7-15-6-5-14-3-2-4-17(18)22(14)15/h2-4,7-13,26H,5-6H2,1H3. The molecule has 0 spiro atoms. The van der Waals surface area contributed by atoms with Crippen molar-refractivity contribution in [2.24, 2.45) is 0 Å². The highest BCUT2D eigenvalue weighted by Gasteiger charge is 2.19. The molecule has 5 aromatic rings. The van der Waals surface area contributed by atoms with Crippen molar-refractivity contribution < 1.29 is 4.74 Å². The number of rotatable bonds is 2. The lowest BCUT2D eigenvalue weighted by molar-refractivity contribution is 0.415. The summed E-state index contributed by atoms with van der Waals surface area (Å²) in [6.45, 7) is 0. The maximum absolute atomic E-state index is 5.42. The van der Waals surface area contributed by atoms with Crippen molar-refractivity contribution in [1.82, 2.24) is 9.97 Å². The minimum absolute atomic E-state index is 0.868. The average molecular weight is 350 g/mol. The lowest BCUT2D eigenvalue weighted by Gasteiger charge is -2.09. The number of H-pyrrole nitrogens is 1. The third-order valence-electron chi connectivity index (χ3n) is 5.86. The van der Waals surface area contributed by atoms with E-state index in [1.807, 2.05) is 12.3 Å². The first kappa shape index (κ1) is 14.8. The average Bonchev–Trinajstić information content (AvgIpc) is 3.30. The van der Waals surface area contributed by atoms with Crippen LogP contribution in [0.3, 0.4) is 0 Å². The zero-order chi connectivity index (χ0) is 18.0. The van der Waals surface area contributed by atoms with Gasteiger partial charge in [0, 0.05) is 28.0 Å². The van der Waals surface area contributed by atoms with E-state index in [1.165, 1.54) is 38.2 Å². The van der Waals surface area contributed by atoms with Gasteiger partial charge in [-0.3, -0.25) is 4.98 Å². The van der Waals surface area contributed by atoms with E-state index in [2.05, 4.69) is 53.5 Å². The highest BCUT2D eigenvalue weighted by Crippen LogP contribution is 2.39. The molecule has 3 nitrogen and oxygen atoms in total. The normalized spacial score (nSPS) is 13.1. The molecule has 1 N–H and O–H groups in total. The minimum atomic E-state index is 0.868. The summed E-state index contributed by atoms with van der Waals surface area (Å²) in [6.07, 6.45) is 4.19. The lowest BCUT2D eigenvalue weighted by atomic mass is 9.97. The summed E-state index contributed by atoms with van der Waals surface area (Å²) in [5.41, 5.74) is 7.31. The van der Waals surface area contributed by atoms with Crippen LogP contribution in [0.15, 0.2) is 60.8 Å². The van der Waals surface area contributed by atoms with Crippen molar-refractivity contribution in [1.29, 1.82) is 0 Å². The van der Waals surface area contributed by atoms with E-state index in [-0.39, 0.29) is 0 Å². The Balaban J connectivity index is 1.70. The van der Waals surface area contributed by atoms with E-state index >= 15 is 0 Å². The number of methoxy groups -OCH3 is 1. The summed E-state index contributed by atoms with van der Waals surface area (Å²) in [4.78, 5) is 8.37. The highest BCUT2D eigenvalue weighted by molar-refractivity contribution is 6.13. The molecule has 2 aromatic heterocycles. The van der Waals surface area contributed by atoms with Gasteiger partial charge < -0.3 is 9.72 Å². The zero-order valence-corrected chi connectivity index (χ0v) is 15.0. The number of benzene rings is 3. The van der Waals surface area contributed by atoms with Crippen LogP contribution in [0.5, 0.6) is 5.75 Å². The van der Waals surface area contributed by atoms with E-state index < -0.39 is 0 Å². The van der Waals surface area contributed by atoms with Gasteiger partial charge >= 0.3 is 0 Å². The number of nitrogens with zero attached hydrogens (tertiary/aromatic N) is 1. The number of ether oxygens (including phenoxy) is 1. The van der Waals surface area contributed by atoms with Crippen molar-refractivity contribution in [2.45, 2.75) is 12.8 Å². The highest BCUT2D eigenvalue weighted by atomic mass is 16.5. The molecule has 0 atom stereocenters. The van der Waals surface area contributed by atoms with Gasteiger partial charge in [0.2, 0.25) is 0 Å². The fourth-order valence-corrected chi connectivity index (χ4v) is 4.59. The molecular weight excluding hydrogens is 332 g/mol. The molecule has 27 heavy (non-hydrogen) atoms. The number of pyridine rings is 1. The second kappa shape index (κ2) is 5.34. The SMILES string of the molecule is COc1ccc2[nH]c3c(-c4ccc5c6c(cccc46)CC5)nccc3c2c1. The molecule has 130 valence electrons. The molecule has 0 bridgehead atoms. The molecule has 6 rings (SSSR count). The number of hydrogen-bond acceptors (Lipinski definition) is 2. The maximum Gasteiger partial charge on any atom is 0.119 e. The predicted molar refractivity (Wildman–Crippen MR) is 111 cm³/mol. The number of aryl methyl sites for hydroxylation is 2. The molecule has 3 heteroatoms. The van der Waals surface area contributed by atoms with E-state index in [1.54, 1.807) is 7.11 Å². The molecular formula is C24H18N2O. The lowest BCUT2D eigenvalue weighted by Crippen LogP contribution is -1.89. The zero-order valence-electron chi connectivity index (χ0n) is 15.0. The smallest absolute Gasteiger partial charge is 0.119 e. The van der Waals surface area contributed by atoms with Crippen LogP contribution in [0.2, 0.25) is 0 Å². The third-order valence-corrected chi connectivity index (χ3v) is 5.86. The Kier molecular flexibility index (Phi) is 2.92. The maximum atomic E-state index is 5.42. The Labute approximate surface area is 156 Å². The van der Waals surface area contributed by atoms with Crippen LogP contribution in [0.1, 0.15) is 11.1 Å². The van der Waals surface area contributed by atoms with E-state index in [4.69, 9.17) is 9.72 Å². The first-order chi connectivity index (χ1) is 13.3. The minimum Gasteiger partial charge on any atom is -0.497 e. The van der Waals surface area contributed by atoms with Crippen LogP contribution in [0.4, 0.5) is 0 Å². The number of aromatic nitrogens is 2. The van der Waals surface area contributed by atoms with Crippen LogP contribution >= 0.6 is 0 Å². The van der Waals surface area contributed by atoms with Crippen molar-refractivity contribution in [2.75, 3.05) is 7.11 Å². The van der Waals surface area contributed by atoms with Gasteiger partial charge in [0.1, 0.15) is 5.75 Å². The number of aromatic amines is 1. The van der Waals surface area contributed by atoms with Crippen molar-refractivity contribution >= 4 is 32.6 Å². The summed E-state index contributed by atoms with van der Waals surface area (Å²) in [5.74, 6) is 0.868. The Morgan fingerprint density at radius 3 is 2.67 bits per heavy atom. The van der Waals surface area contributed by atoms with Gasteiger partial charge in [0.15, 0.2) is 0 Å². The number of hydrogen-bond donors (Lipinski definition) is 1.